The highest BCUT2D eigenvalue weighted by atomic mass is 35.5. The number of halogens is 1. The summed E-state index contributed by atoms with van der Waals surface area (Å²) in [6, 6.07) is 10.0. The van der Waals surface area contributed by atoms with Gasteiger partial charge in [0.05, 0.1) is 4.90 Å². The molecule has 0 aliphatic rings. The number of nitrogens with zero attached hydrogens (tertiary/aromatic N) is 3. The summed E-state index contributed by atoms with van der Waals surface area (Å²) >= 11 is 5.98. The van der Waals surface area contributed by atoms with E-state index in [9.17, 15) is 13.2 Å². The van der Waals surface area contributed by atoms with Gasteiger partial charge in [0.15, 0.2) is 5.65 Å². The predicted molar refractivity (Wildman–Crippen MR) is 95.4 cm³/mol. The highest BCUT2D eigenvalue weighted by Gasteiger charge is 2.17. The van der Waals surface area contributed by atoms with Gasteiger partial charge in [0, 0.05) is 24.3 Å². The van der Waals surface area contributed by atoms with Crippen molar-refractivity contribution in [2.75, 3.05) is 6.54 Å². The maximum Gasteiger partial charge on any atom is 0.350 e. The number of hydrogen-bond donors (Lipinski definition) is 1. The van der Waals surface area contributed by atoms with Crippen LogP contribution in [0.2, 0.25) is 5.02 Å². The van der Waals surface area contributed by atoms with Gasteiger partial charge in [0.1, 0.15) is 0 Å². The molecule has 9 heteroatoms. The highest BCUT2D eigenvalue weighted by Crippen LogP contribution is 2.22. The maximum atomic E-state index is 12.4. The van der Waals surface area contributed by atoms with Gasteiger partial charge in [-0.05, 0) is 43.2 Å². The second kappa shape index (κ2) is 6.99. The molecule has 132 valence electrons. The van der Waals surface area contributed by atoms with Gasteiger partial charge in [-0.3, -0.25) is 4.40 Å². The van der Waals surface area contributed by atoms with E-state index in [2.05, 4.69) is 9.82 Å². The number of aryl methyl sites for hydroxylation is 1. The zero-order valence-electron chi connectivity index (χ0n) is 13.5. The average molecular weight is 381 g/mol. The number of nitrogens with one attached hydrogen (secondary N) is 1. The van der Waals surface area contributed by atoms with Crippen LogP contribution < -0.4 is 10.4 Å². The number of aromatic nitrogens is 3. The van der Waals surface area contributed by atoms with Crippen LogP contribution in [0.3, 0.4) is 0 Å². The van der Waals surface area contributed by atoms with E-state index in [1.54, 1.807) is 43.5 Å². The molecular weight excluding hydrogens is 364 g/mol. The lowest BCUT2D eigenvalue weighted by atomic mass is 10.2. The average Bonchev–Trinajstić information content (AvgIpc) is 2.90. The van der Waals surface area contributed by atoms with Crippen LogP contribution in [0, 0.1) is 6.92 Å². The fraction of sp³-hybridized carbons (Fsp3) is 0.250. The molecule has 1 N–H and O–H groups in total. The molecular formula is C16H17ClN4O3S. The molecule has 0 aliphatic heterocycles. The van der Waals surface area contributed by atoms with Crippen LogP contribution in [0.25, 0.3) is 5.65 Å². The molecule has 0 radical (unpaired) electrons. The number of benzene rings is 1. The third-order valence-corrected chi connectivity index (χ3v) is 5.85. The minimum absolute atomic E-state index is 0.157. The molecule has 0 unspecified atom stereocenters. The zero-order valence-corrected chi connectivity index (χ0v) is 15.1. The maximum absolute atomic E-state index is 12.4. The van der Waals surface area contributed by atoms with Gasteiger partial charge >= 0.3 is 5.69 Å². The second-order valence-corrected chi connectivity index (χ2v) is 7.69. The van der Waals surface area contributed by atoms with Crippen LogP contribution in [0.5, 0.6) is 0 Å². The summed E-state index contributed by atoms with van der Waals surface area (Å²) in [4.78, 5) is 12.3. The van der Waals surface area contributed by atoms with Crippen molar-refractivity contribution < 1.29 is 8.42 Å². The Balaban J connectivity index is 1.65. The molecule has 0 spiro atoms. The minimum atomic E-state index is -3.65. The summed E-state index contributed by atoms with van der Waals surface area (Å²) in [6.07, 6.45) is 2.08. The first kappa shape index (κ1) is 17.7. The number of hydrogen-bond acceptors (Lipinski definition) is 4. The van der Waals surface area contributed by atoms with Gasteiger partial charge in [-0.25, -0.2) is 22.6 Å². The summed E-state index contributed by atoms with van der Waals surface area (Å²) in [5.41, 5.74) is 0.819. The Labute approximate surface area is 149 Å². The monoisotopic (exact) mass is 380 g/mol. The van der Waals surface area contributed by atoms with E-state index in [0.29, 0.717) is 29.2 Å². The van der Waals surface area contributed by atoms with Crippen LogP contribution in [0.4, 0.5) is 0 Å². The number of pyridine rings is 1. The molecule has 0 saturated heterocycles. The Kier molecular flexibility index (Phi) is 4.94. The molecule has 1 aromatic carbocycles. The van der Waals surface area contributed by atoms with E-state index in [1.165, 1.54) is 15.1 Å². The van der Waals surface area contributed by atoms with E-state index < -0.39 is 10.0 Å². The van der Waals surface area contributed by atoms with Crippen LogP contribution >= 0.6 is 11.6 Å². The van der Waals surface area contributed by atoms with E-state index in [-0.39, 0.29) is 17.1 Å². The Hall–Kier alpha value is -2.16. The van der Waals surface area contributed by atoms with Crippen molar-refractivity contribution >= 4 is 27.3 Å². The van der Waals surface area contributed by atoms with Gasteiger partial charge in [-0.2, -0.15) is 0 Å². The van der Waals surface area contributed by atoms with Crippen molar-refractivity contribution in [3.05, 3.63) is 63.7 Å². The quantitative estimate of drug-likeness (QED) is 0.661. The summed E-state index contributed by atoms with van der Waals surface area (Å²) < 4.78 is 30.0. The van der Waals surface area contributed by atoms with E-state index >= 15 is 0 Å². The lowest BCUT2D eigenvalue weighted by Crippen LogP contribution is -2.28. The van der Waals surface area contributed by atoms with E-state index in [4.69, 9.17) is 11.6 Å². The summed E-state index contributed by atoms with van der Waals surface area (Å²) in [5.74, 6) is 0. The molecule has 0 saturated carbocycles. The molecule has 25 heavy (non-hydrogen) atoms. The molecule has 2 heterocycles. The van der Waals surface area contributed by atoms with Gasteiger partial charge in [-0.15, -0.1) is 5.10 Å². The van der Waals surface area contributed by atoms with Crippen molar-refractivity contribution in [3.8, 4) is 0 Å². The van der Waals surface area contributed by atoms with Crippen molar-refractivity contribution in [1.29, 1.82) is 0 Å². The molecule has 0 atom stereocenters. The largest absolute Gasteiger partial charge is 0.350 e. The summed E-state index contributed by atoms with van der Waals surface area (Å²) in [5, 5.41) is 4.60. The molecule has 7 nitrogen and oxygen atoms in total. The van der Waals surface area contributed by atoms with Gasteiger partial charge < -0.3 is 0 Å². The third kappa shape index (κ3) is 3.60. The number of rotatable bonds is 6. The first-order valence-electron chi connectivity index (χ1n) is 7.69. The van der Waals surface area contributed by atoms with Gasteiger partial charge in [0.25, 0.3) is 0 Å². The molecule has 2 aromatic heterocycles. The fourth-order valence-electron chi connectivity index (χ4n) is 2.51. The van der Waals surface area contributed by atoms with Crippen LogP contribution in [-0.4, -0.2) is 29.1 Å². The Morgan fingerprint density at radius 1 is 1.20 bits per heavy atom. The van der Waals surface area contributed by atoms with Crippen molar-refractivity contribution in [2.24, 2.45) is 0 Å². The lowest BCUT2D eigenvalue weighted by molar-refractivity contribution is 0.543. The van der Waals surface area contributed by atoms with Crippen LogP contribution in [0.1, 0.15) is 12.0 Å². The summed E-state index contributed by atoms with van der Waals surface area (Å²) in [7, 11) is -3.65. The lowest BCUT2D eigenvalue weighted by Gasteiger charge is -2.10. The standard InChI is InChI=1S/C16H17ClN4O3S/c1-12-13(17)6-4-7-14(12)25(23,24)18-9-5-11-21-16(22)20-10-3-2-8-15(20)19-21/h2-4,6-8,10,18H,5,9,11H2,1H3. The first-order chi connectivity index (χ1) is 11.9. The van der Waals surface area contributed by atoms with Crippen LogP contribution in [-0.2, 0) is 16.6 Å². The predicted octanol–water partition coefficient (Wildman–Crippen LogP) is 1.83. The third-order valence-electron chi connectivity index (χ3n) is 3.83. The molecule has 3 rings (SSSR count). The molecule has 0 fully saturated rings. The Morgan fingerprint density at radius 3 is 2.76 bits per heavy atom. The van der Waals surface area contributed by atoms with Crippen molar-refractivity contribution in [2.45, 2.75) is 24.8 Å². The van der Waals surface area contributed by atoms with Gasteiger partial charge in [0.2, 0.25) is 10.0 Å². The van der Waals surface area contributed by atoms with Crippen molar-refractivity contribution in [3.63, 3.8) is 0 Å². The second-order valence-electron chi connectivity index (χ2n) is 5.55. The molecule has 0 amide bonds. The number of sulfonamides is 1. The number of fused-ring (bicyclic) bond motifs is 1. The minimum Gasteiger partial charge on any atom is -0.250 e. The van der Waals surface area contributed by atoms with E-state index in [1.807, 2.05) is 0 Å². The topological polar surface area (TPSA) is 85.5 Å². The SMILES string of the molecule is Cc1c(Cl)cccc1S(=O)(=O)NCCCn1nc2ccccn2c1=O. The van der Waals surface area contributed by atoms with Crippen molar-refractivity contribution in [1.82, 2.24) is 18.9 Å². The first-order valence-corrected chi connectivity index (χ1v) is 9.55. The molecule has 0 aliphatic carbocycles. The van der Waals surface area contributed by atoms with Gasteiger partial charge in [-0.1, -0.05) is 23.7 Å². The Morgan fingerprint density at radius 2 is 2.00 bits per heavy atom. The Bertz CT molecular complexity index is 1070. The molecule has 0 bridgehead atoms. The smallest absolute Gasteiger partial charge is 0.250 e. The summed E-state index contributed by atoms with van der Waals surface area (Å²) in [6.45, 7) is 2.17. The van der Waals surface area contributed by atoms with E-state index in [0.717, 1.165) is 0 Å². The highest BCUT2D eigenvalue weighted by molar-refractivity contribution is 7.89. The molecule has 3 aromatic rings. The normalized spacial score (nSPS) is 11.9. The zero-order chi connectivity index (χ0) is 18.0. The fourth-order valence-corrected chi connectivity index (χ4v) is 4.08. The van der Waals surface area contributed by atoms with Crippen LogP contribution in [0.15, 0.2) is 52.3 Å².